The van der Waals surface area contributed by atoms with E-state index in [0.717, 1.165) is 30.0 Å². The summed E-state index contributed by atoms with van der Waals surface area (Å²) in [5.74, 6) is 1.95. The minimum atomic E-state index is -0.230. The van der Waals surface area contributed by atoms with Crippen molar-refractivity contribution in [3.63, 3.8) is 0 Å². The van der Waals surface area contributed by atoms with Crippen LogP contribution in [0.15, 0.2) is 41.8 Å². The molecule has 3 heterocycles. The maximum Gasteiger partial charge on any atom is 0.257 e. The Kier molecular flexibility index (Phi) is 3.53. The number of fused-ring (bicyclic) bond motifs is 2. The first-order chi connectivity index (χ1) is 12.8. The molecule has 2 aliphatic heterocycles. The molecule has 0 spiro atoms. The maximum atomic E-state index is 12.5. The summed E-state index contributed by atoms with van der Waals surface area (Å²) in [7, 11) is 0. The predicted molar refractivity (Wildman–Crippen MR) is 97.3 cm³/mol. The number of hydrogen-bond acceptors (Lipinski definition) is 6. The SMILES string of the molecule is O=C(Nc1nc(-c2ccc3c(c2)CCO3)cs1)c1ccc2c(c1)OCO2. The van der Waals surface area contributed by atoms with E-state index in [0.29, 0.717) is 22.2 Å². The molecular formula is C19H14N2O4S. The Hall–Kier alpha value is -3.06. The molecule has 1 amide bonds. The molecule has 7 heteroatoms. The monoisotopic (exact) mass is 366 g/mol. The molecule has 0 radical (unpaired) electrons. The average molecular weight is 366 g/mol. The van der Waals surface area contributed by atoms with Crippen LogP contribution in [0.4, 0.5) is 5.13 Å². The van der Waals surface area contributed by atoms with Crippen LogP contribution < -0.4 is 19.5 Å². The molecule has 0 bridgehead atoms. The van der Waals surface area contributed by atoms with Crippen LogP contribution in [-0.2, 0) is 6.42 Å². The lowest BCUT2D eigenvalue weighted by Crippen LogP contribution is -2.11. The van der Waals surface area contributed by atoms with Gasteiger partial charge >= 0.3 is 0 Å². The third-order valence-corrected chi connectivity index (χ3v) is 5.10. The van der Waals surface area contributed by atoms with E-state index in [9.17, 15) is 4.79 Å². The Morgan fingerprint density at radius 1 is 1.04 bits per heavy atom. The molecule has 1 aromatic heterocycles. The number of benzene rings is 2. The molecular weight excluding hydrogens is 352 g/mol. The first-order valence-corrected chi connectivity index (χ1v) is 9.07. The minimum Gasteiger partial charge on any atom is -0.493 e. The number of nitrogens with one attached hydrogen (secondary N) is 1. The van der Waals surface area contributed by atoms with Crippen molar-refractivity contribution in [1.29, 1.82) is 0 Å². The topological polar surface area (TPSA) is 69.7 Å². The van der Waals surface area contributed by atoms with Crippen LogP contribution in [0.3, 0.4) is 0 Å². The molecule has 130 valence electrons. The molecule has 0 aliphatic carbocycles. The second kappa shape index (κ2) is 6.03. The molecule has 1 N–H and O–H groups in total. The lowest BCUT2D eigenvalue weighted by molar-refractivity contribution is 0.102. The molecule has 0 saturated heterocycles. The van der Waals surface area contributed by atoms with Crippen LogP contribution in [0.2, 0.25) is 0 Å². The zero-order chi connectivity index (χ0) is 17.5. The molecule has 0 fully saturated rings. The highest BCUT2D eigenvalue weighted by molar-refractivity contribution is 7.14. The second-order valence-electron chi connectivity index (χ2n) is 5.98. The second-order valence-corrected chi connectivity index (χ2v) is 6.84. The lowest BCUT2D eigenvalue weighted by Gasteiger charge is -2.03. The van der Waals surface area contributed by atoms with Crippen molar-refractivity contribution < 1.29 is 19.0 Å². The number of nitrogens with zero attached hydrogens (tertiary/aromatic N) is 1. The van der Waals surface area contributed by atoms with Gasteiger partial charge in [0.1, 0.15) is 5.75 Å². The Bertz CT molecular complexity index is 1010. The van der Waals surface area contributed by atoms with Crippen LogP contribution in [-0.4, -0.2) is 24.3 Å². The van der Waals surface area contributed by atoms with Gasteiger partial charge in [0.15, 0.2) is 16.6 Å². The zero-order valence-corrected chi connectivity index (χ0v) is 14.5. The van der Waals surface area contributed by atoms with Crippen molar-refractivity contribution >= 4 is 22.4 Å². The van der Waals surface area contributed by atoms with Gasteiger partial charge in [-0.25, -0.2) is 4.98 Å². The molecule has 0 atom stereocenters. The van der Waals surface area contributed by atoms with Crippen molar-refractivity contribution in [1.82, 2.24) is 4.98 Å². The average Bonchev–Trinajstić information content (AvgIpc) is 3.40. The van der Waals surface area contributed by atoms with Crippen LogP contribution in [0, 0.1) is 0 Å². The van der Waals surface area contributed by atoms with Crippen LogP contribution in [0.1, 0.15) is 15.9 Å². The van der Waals surface area contributed by atoms with E-state index in [-0.39, 0.29) is 12.7 Å². The van der Waals surface area contributed by atoms with Gasteiger partial charge in [-0.15, -0.1) is 11.3 Å². The van der Waals surface area contributed by atoms with Gasteiger partial charge in [0.25, 0.3) is 5.91 Å². The number of anilines is 1. The lowest BCUT2D eigenvalue weighted by atomic mass is 10.1. The van der Waals surface area contributed by atoms with Gasteiger partial charge in [-0.2, -0.15) is 0 Å². The summed E-state index contributed by atoms with van der Waals surface area (Å²) in [6, 6.07) is 11.2. The highest BCUT2D eigenvalue weighted by Gasteiger charge is 2.18. The number of amides is 1. The smallest absolute Gasteiger partial charge is 0.257 e. The highest BCUT2D eigenvalue weighted by atomic mass is 32.1. The largest absolute Gasteiger partial charge is 0.493 e. The summed E-state index contributed by atoms with van der Waals surface area (Å²) in [6.07, 6.45) is 0.918. The van der Waals surface area contributed by atoms with E-state index in [1.165, 1.54) is 16.9 Å². The first-order valence-electron chi connectivity index (χ1n) is 8.19. The molecule has 26 heavy (non-hydrogen) atoms. The number of hydrogen-bond donors (Lipinski definition) is 1. The summed E-state index contributed by atoms with van der Waals surface area (Å²) in [4.78, 5) is 17.0. The summed E-state index contributed by atoms with van der Waals surface area (Å²) < 4.78 is 16.1. The highest BCUT2D eigenvalue weighted by Crippen LogP contribution is 2.34. The summed E-state index contributed by atoms with van der Waals surface area (Å²) >= 11 is 1.40. The zero-order valence-electron chi connectivity index (χ0n) is 13.7. The maximum absolute atomic E-state index is 12.5. The predicted octanol–water partition coefficient (Wildman–Crippen LogP) is 3.73. The fourth-order valence-corrected chi connectivity index (χ4v) is 3.73. The van der Waals surface area contributed by atoms with Crippen molar-refractivity contribution in [2.24, 2.45) is 0 Å². The van der Waals surface area contributed by atoms with Gasteiger partial charge in [-0.05, 0) is 42.0 Å². The van der Waals surface area contributed by atoms with Crippen LogP contribution >= 0.6 is 11.3 Å². The standard InChI is InChI=1S/C19H14N2O4S/c22-18(13-2-4-16-17(8-13)25-10-24-16)21-19-20-14(9-26-19)11-1-3-15-12(7-11)5-6-23-15/h1-4,7-9H,5-6,10H2,(H,20,21,22). The van der Waals surface area contributed by atoms with E-state index in [4.69, 9.17) is 14.2 Å². The van der Waals surface area contributed by atoms with E-state index in [1.54, 1.807) is 18.2 Å². The Morgan fingerprint density at radius 2 is 1.92 bits per heavy atom. The van der Waals surface area contributed by atoms with Gasteiger partial charge in [-0.3, -0.25) is 10.1 Å². The fraction of sp³-hybridized carbons (Fsp3) is 0.158. The van der Waals surface area contributed by atoms with E-state index in [1.807, 2.05) is 17.5 Å². The van der Waals surface area contributed by atoms with Crippen molar-refractivity contribution in [2.45, 2.75) is 6.42 Å². The summed E-state index contributed by atoms with van der Waals surface area (Å²) in [5.41, 5.74) is 3.56. The molecule has 2 aliphatic rings. The van der Waals surface area contributed by atoms with Crippen LogP contribution in [0.25, 0.3) is 11.3 Å². The minimum absolute atomic E-state index is 0.183. The van der Waals surface area contributed by atoms with Crippen LogP contribution in [0.5, 0.6) is 17.2 Å². The van der Waals surface area contributed by atoms with Gasteiger partial charge in [0.05, 0.1) is 12.3 Å². The quantitative estimate of drug-likeness (QED) is 0.765. The number of ether oxygens (including phenoxy) is 3. The Labute approximate surface area is 153 Å². The number of aromatic nitrogens is 1. The molecule has 0 unspecified atom stereocenters. The summed E-state index contributed by atoms with van der Waals surface area (Å²) in [6.45, 7) is 0.911. The van der Waals surface area contributed by atoms with Gasteiger partial charge < -0.3 is 14.2 Å². The first kappa shape index (κ1) is 15.2. The number of carbonyl (C=O) groups excluding carboxylic acids is 1. The molecule has 6 nitrogen and oxygen atoms in total. The van der Waals surface area contributed by atoms with Crippen molar-refractivity contribution in [3.05, 3.63) is 52.9 Å². The van der Waals surface area contributed by atoms with Gasteiger partial charge in [0.2, 0.25) is 6.79 Å². The van der Waals surface area contributed by atoms with E-state index in [2.05, 4.69) is 16.4 Å². The van der Waals surface area contributed by atoms with E-state index >= 15 is 0 Å². The Morgan fingerprint density at radius 3 is 2.88 bits per heavy atom. The third-order valence-electron chi connectivity index (χ3n) is 4.34. The Balaban J connectivity index is 1.35. The molecule has 2 aromatic carbocycles. The number of carbonyl (C=O) groups is 1. The van der Waals surface area contributed by atoms with E-state index < -0.39 is 0 Å². The third kappa shape index (κ3) is 2.66. The van der Waals surface area contributed by atoms with Crippen molar-refractivity contribution in [2.75, 3.05) is 18.7 Å². The molecule has 3 aromatic rings. The fourth-order valence-electron chi connectivity index (χ4n) is 3.02. The normalized spacial score (nSPS) is 14.0. The van der Waals surface area contributed by atoms with Crippen molar-refractivity contribution in [3.8, 4) is 28.5 Å². The number of thiazole rings is 1. The van der Waals surface area contributed by atoms with Gasteiger partial charge in [0, 0.05) is 22.9 Å². The summed E-state index contributed by atoms with van der Waals surface area (Å²) in [5, 5.41) is 5.33. The molecule has 5 rings (SSSR count). The number of rotatable bonds is 3. The molecule has 0 saturated carbocycles. The van der Waals surface area contributed by atoms with Gasteiger partial charge in [-0.1, -0.05) is 0 Å².